The predicted molar refractivity (Wildman–Crippen MR) is 131 cm³/mol. The lowest BCUT2D eigenvalue weighted by atomic mass is 10.0. The van der Waals surface area contributed by atoms with Crippen LogP contribution in [0.4, 0.5) is 11.4 Å². The normalized spacial score (nSPS) is 17.9. The minimum Gasteiger partial charge on any atom is -0.497 e. The third-order valence-corrected chi connectivity index (χ3v) is 6.35. The summed E-state index contributed by atoms with van der Waals surface area (Å²) in [7, 11) is 1.70. The molecule has 31 heavy (non-hydrogen) atoms. The molecular formula is C28H34N2O. The van der Waals surface area contributed by atoms with E-state index in [0.717, 1.165) is 5.75 Å². The highest BCUT2D eigenvalue weighted by Crippen LogP contribution is 2.35. The van der Waals surface area contributed by atoms with Crippen LogP contribution in [0.15, 0.2) is 78.9 Å². The summed E-state index contributed by atoms with van der Waals surface area (Å²) in [5.74, 6) is 0.933. The number of benzene rings is 3. The molecular weight excluding hydrogens is 380 g/mol. The number of hydrogen-bond acceptors (Lipinski definition) is 3. The van der Waals surface area contributed by atoms with Crippen LogP contribution in [0.5, 0.6) is 5.75 Å². The summed E-state index contributed by atoms with van der Waals surface area (Å²) in [5, 5.41) is 0. The standard InChI is InChI=1S/C17H19N.C11H15NO/c1-14-9-11-15(12-10-14)17-8-5-13-18(17)16-6-3-2-4-7-16;1-13-11-6-4-10(5-7-11)12-8-2-3-9-12/h2-4,6-7,9-12,17H,5,8,13H2,1H3;4-7H,2-3,8-9H2,1H3. The Kier molecular flexibility index (Phi) is 7.14. The molecule has 3 aromatic carbocycles. The van der Waals surface area contributed by atoms with E-state index in [4.69, 9.17) is 4.74 Å². The molecule has 2 heterocycles. The van der Waals surface area contributed by atoms with Crippen LogP contribution in [0.25, 0.3) is 0 Å². The van der Waals surface area contributed by atoms with Gasteiger partial charge in [-0.3, -0.25) is 0 Å². The maximum Gasteiger partial charge on any atom is 0.119 e. The lowest BCUT2D eigenvalue weighted by Gasteiger charge is -2.27. The van der Waals surface area contributed by atoms with Crippen LogP contribution in [0.2, 0.25) is 0 Å². The molecule has 3 heteroatoms. The van der Waals surface area contributed by atoms with Crippen LogP contribution in [-0.4, -0.2) is 26.7 Å². The Labute approximate surface area is 187 Å². The van der Waals surface area contributed by atoms with Crippen molar-refractivity contribution in [2.24, 2.45) is 0 Å². The van der Waals surface area contributed by atoms with Crippen LogP contribution in [-0.2, 0) is 0 Å². The van der Waals surface area contributed by atoms with Crippen LogP contribution in [0.3, 0.4) is 0 Å². The van der Waals surface area contributed by atoms with Gasteiger partial charge in [0, 0.05) is 31.0 Å². The van der Waals surface area contributed by atoms with E-state index in [2.05, 4.69) is 83.5 Å². The maximum absolute atomic E-state index is 5.11. The fourth-order valence-corrected chi connectivity index (χ4v) is 4.60. The molecule has 0 radical (unpaired) electrons. The maximum atomic E-state index is 5.11. The van der Waals surface area contributed by atoms with E-state index in [1.54, 1.807) is 7.11 Å². The molecule has 0 N–H and O–H groups in total. The van der Waals surface area contributed by atoms with Crippen molar-refractivity contribution in [3.8, 4) is 5.75 Å². The Morgan fingerprint density at radius 3 is 2.03 bits per heavy atom. The van der Waals surface area contributed by atoms with E-state index in [0.29, 0.717) is 6.04 Å². The van der Waals surface area contributed by atoms with Gasteiger partial charge in [-0.05, 0) is 74.6 Å². The van der Waals surface area contributed by atoms with Crippen LogP contribution >= 0.6 is 0 Å². The Bertz CT molecular complexity index is 915. The van der Waals surface area contributed by atoms with E-state index in [-0.39, 0.29) is 0 Å². The van der Waals surface area contributed by atoms with Gasteiger partial charge in [-0.25, -0.2) is 0 Å². The first-order chi connectivity index (χ1) is 15.2. The molecule has 5 rings (SSSR count). The highest BCUT2D eigenvalue weighted by molar-refractivity contribution is 5.50. The van der Waals surface area contributed by atoms with Crippen molar-refractivity contribution < 1.29 is 4.74 Å². The Morgan fingerprint density at radius 1 is 0.710 bits per heavy atom. The zero-order valence-corrected chi connectivity index (χ0v) is 18.8. The van der Waals surface area contributed by atoms with Gasteiger partial charge in [0.1, 0.15) is 5.75 Å². The van der Waals surface area contributed by atoms with Crippen molar-refractivity contribution in [1.82, 2.24) is 0 Å². The van der Waals surface area contributed by atoms with Crippen LogP contribution in [0.1, 0.15) is 42.9 Å². The molecule has 0 saturated carbocycles. The summed E-state index contributed by atoms with van der Waals surface area (Å²) < 4.78 is 5.11. The van der Waals surface area contributed by atoms with Crippen molar-refractivity contribution in [3.63, 3.8) is 0 Å². The van der Waals surface area contributed by atoms with Gasteiger partial charge in [0.05, 0.1) is 13.2 Å². The third-order valence-electron chi connectivity index (χ3n) is 6.35. The monoisotopic (exact) mass is 414 g/mol. The Hall–Kier alpha value is -2.94. The lowest BCUT2D eigenvalue weighted by Crippen LogP contribution is -2.22. The first-order valence-corrected chi connectivity index (χ1v) is 11.5. The second kappa shape index (κ2) is 10.4. The van der Waals surface area contributed by atoms with Crippen molar-refractivity contribution in [3.05, 3.63) is 90.0 Å². The fourth-order valence-electron chi connectivity index (χ4n) is 4.60. The smallest absolute Gasteiger partial charge is 0.119 e. The topological polar surface area (TPSA) is 15.7 Å². The van der Waals surface area contributed by atoms with Crippen LogP contribution < -0.4 is 14.5 Å². The summed E-state index contributed by atoms with van der Waals surface area (Å²) in [5.41, 5.74) is 5.45. The quantitative estimate of drug-likeness (QED) is 0.476. The third kappa shape index (κ3) is 5.41. The predicted octanol–water partition coefficient (Wildman–Crippen LogP) is 6.63. The molecule has 0 bridgehead atoms. The van der Waals surface area contributed by atoms with Crippen molar-refractivity contribution in [1.29, 1.82) is 0 Å². The molecule has 0 aliphatic carbocycles. The van der Waals surface area contributed by atoms with Gasteiger partial charge in [0.2, 0.25) is 0 Å². The fraction of sp³-hybridized carbons (Fsp3) is 0.357. The van der Waals surface area contributed by atoms with E-state index in [9.17, 15) is 0 Å². The highest BCUT2D eigenvalue weighted by Gasteiger charge is 2.25. The Morgan fingerprint density at radius 2 is 1.39 bits per heavy atom. The zero-order chi connectivity index (χ0) is 21.5. The SMILES string of the molecule is COc1ccc(N2CCCC2)cc1.Cc1ccc(C2CCCN2c2ccccc2)cc1. The average molecular weight is 415 g/mol. The lowest BCUT2D eigenvalue weighted by molar-refractivity contribution is 0.415. The van der Waals surface area contributed by atoms with Gasteiger partial charge in [-0.1, -0.05) is 48.0 Å². The molecule has 3 nitrogen and oxygen atoms in total. The van der Waals surface area contributed by atoms with Gasteiger partial charge in [-0.15, -0.1) is 0 Å². The molecule has 162 valence electrons. The van der Waals surface area contributed by atoms with E-state index in [1.807, 2.05) is 12.1 Å². The van der Waals surface area contributed by atoms with Crippen LogP contribution in [0, 0.1) is 6.92 Å². The molecule has 2 aliphatic heterocycles. The number of ether oxygens (including phenoxy) is 1. The van der Waals surface area contributed by atoms with Crippen molar-refractivity contribution in [2.75, 3.05) is 36.5 Å². The first kappa shape index (κ1) is 21.3. The first-order valence-electron chi connectivity index (χ1n) is 11.5. The molecule has 0 amide bonds. The largest absolute Gasteiger partial charge is 0.497 e. The van der Waals surface area contributed by atoms with Crippen molar-refractivity contribution in [2.45, 2.75) is 38.6 Å². The highest BCUT2D eigenvalue weighted by atomic mass is 16.5. The number of methoxy groups -OCH3 is 1. The number of para-hydroxylation sites is 1. The number of aryl methyl sites for hydroxylation is 1. The number of nitrogens with zero attached hydrogens (tertiary/aromatic N) is 2. The molecule has 0 spiro atoms. The van der Waals surface area contributed by atoms with Gasteiger partial charge in [0.25, 0.3) is 0 Å². The second-order valence-electron chi connectivity index (χ2n) is 8.49. The summed E-state index contributed by atoms with van der Waals surface area (Å²) >= 11 is 0. The van der Waals surface area contributed by atoms with Gasteiger partial charge in [-0.2, -0.15) is 0 Å². The van der Waals surface area contributed by atoms with E-state index >= 15 is 0 Å². The minimum atomic E-state index is 0.549. The molecule has 2 fully saturated rings. The molecule has 0 aromatic heterocycles. The number of hydrogen-bond donors (Lipinski definition) is 0. The molecule has 1 atom stereocenters. The van der Waals surface area contributed by atoms with E-state index in [1.165, 1.54) is 67.8 Å². The van der Waals surface area contributed by atoms with Gasteiger partial charge in [0.15, 0.2) is 0 Å². The molecule has 2 saturated heterocycles. The summed E-state index contributed by atoms with van der Waals surface area (Å²) in [6, 6.07) is 28.6. The van der Waals surface area contributed by atoms with E-state index < -0.39 is 0 Å². The number of anilines is 2. The van der Waals surface area contributed by atoms with Crippen molar-refractivity contribution >= 4 is 11.4 Å². The number of rotatable bonds is 4. The summed E-state index contributed by atoms with van der Waals surface area (Å²) in [6.07, 6.45) is 5.20. The Balaban J connectivity index is 0.000000158. The van der Waals surface area contributed by atoms with Gasteiger partial charge >= 0.3 is 0 Å². The molecule has 3 aromatic rings. The summed E-state index contributed by atoms with van der Waals surface area (Å²) in [6.45, 7) is 5.72. The molecule has 1 unspecified atom stereocenters. The second-order valence-corrected chi connectivity index (χ2v) is 8.49. The summed E-state index contributed by atoms with van der Waals surface area (Å²) in [4.78, 5) is 4.95. The minimum absolute atomic E-state index is 0.549. The zero-order valence-electron chi connectivity index (χ0n) is 18.8. The average Bonchev–Trinajstić information content (AvgIpc) is 3.53. The van der Waals surface area contributed by atoms with Gasteiger partial charge < -0.3 is 14.5 Å². The molecule has 2 aliphatic rings.